The molecule has 3 nitrogen and oxygen atoms in total. The molecule has 0 unspecified atom stereocenters. The summed E-state index contributed by atoms with van der Waals surface area (Å²) in [6.07, 6.45) is -0.252. The van der Waals surface area contributed by atoms with Gasteiger partial charge < -0.3 is 5.32 Å². The van der Waals surface area contributed by atoms with Crippen LogP contribution in [0.3, 0.4) is 0 Å². The van der Waals surface area contributed by atoms with Crippen molar-refractivity contribution in [3.8, 4) is 0 Å². The van der Waals surface area contributed by atoms with Gasteiger partial charge in [-0.05, 0) is 12.1 Å². The summed E-state index contributed by atoms with van der Waals surface area (Å²) in [6.45, 7) is 0. The zero-order valence-corrected chi connectivity index (χ0v) is 10.5. The molecule has 2 rings (SSSR count). The first kappa shape index (κ1) is 13.9. The van der Waals surface area contributed by atoms with E-state index < -0.39 is 17.3 Å². The van der Waals surface area contributed by atoms with Gasteiger partial charge in [-0.1, -0.05) is 36.4 Å². The smallest absolute Gasteiger partial charge is 0.170 e. The van der Waals surface area contributed by atoms with Crippen molar-refractivity contribution >= 4 is 17.3 Å². The normalized spacial score (nSPS) is 10.1. The van der Waals surface area contributed by atoms with Crippen molar-refractivity contribution in [1.29, 1.82) is 5.41 Å². The first-order valence-electron chi connectivity index (χ1n) is 5.94. The fourth-order valence-corrected chi connectivity index (χ4v) is 1.70. The number of rotatable bonds is 4. The molecule has 0 fully saturated rings. The maximum absolute atomic E-state index is 13.4. The lowest BCUT2D eigenvalue weighted by molar-refractivity contribution is 0.100. The summed E-state index contributed by atoms with van der Waals surface area (Å²) in [5.41, 5.74) is 0.0337. The Balaban J connectivity index is 2.05. The molecule has 0 aliphatic carbocycles. The van der Waals surface area contributed by atoms with Crippen molar-refractivity contribution in [2.45, 2.75) is 6.42 Å². The van der Waals surface area contributed by atoms with Crippen LogP contribution in [0.5, 0.6) is 0 Å². The minimum absolute atomic E-state index is 0.252. The molecule has 0 saturated carbocycles. The zero-order chi connectivity index (χ0) is 14.5. The molecule has 2 aromatic rings. The summed E-state index contributed by atoms with van der Waals surface area (Å²) in [5.74, 6) is -2.16. The molecule has 5 heteroatoms. The number of carbonyl (C=O) groups excluding carboxylic acids is 1. The Morgan fingerprint density at radius 2 is 1.60 bits per heavy atom. The number of carbonyl (C=O) groups is 1. The van der Waals surface area contributed by atoms with Crippen molar-refractivity contribution < 1.29 is 13.6 Å². The van der Waals surface area contributed by atoms with Gasteiger partial charge in [0, 0.05) is 5.56 Å². The summed E-state index contributed by atoms with van der Waals surface area (Å²) in [4.78, 5) is 11.8. The van der Waals surface area contributed by atoms with Crippen LogP contribution in [0.2, 0.25) is 0 Å². The molecular formula is C15H12F2N2O. The third kappa shape index (κ3) is 3.26. The van der Waals surface area contributed by atoms with E-state index in [1.807, 2.05) is 0 Å². The quantitative estimate of drug-likeness (QED) is 0.508. The van der Waals surface area contributed by atoms with Gasteiger partial charge in [0.15, 0.2) is 5.78 Å². The van der Waals surface area contributed by atoms with Crippen LogP contribution in [0.4, 0.5) is 14.5 Å². The highest BCUT2D eigenvalue weighted by Gasteiger charge is 2.13. The van der Waals surface area contributed by atoms with Crippen LogP contribution in [0.15, 0.2) is 48.5 Å². The van der Waals surface area contributed by atoms with Gasteiger partial charge in [-0.2, -0.15) is 0 Å². The average Bonchev–Trinajstić information content (AvgIpc) is 2.44. The third-order valence-corrected chi connectivity index (χ3v) is 2.67. The van der Waals surface area contributed by atoms with E-state index in [-0.39, 0.29) is 18.0 Å². The lowest BCUT2D eigenvalue weighted by Gasteiger charge is -2.09. The summed E-state index contributed by atoms with van der Waals surface area (Å²) >= 11 is 0. The van der Waals surface area contributed by atoms with Gasteiger partial charge in [-0.15, -0.1) is 0 Å². The molecular weight excluding hydrogens is 262 g/mol. The van der Waals surface area contributed by atoms with Gasteiger partial charge in [0.2, 0.25) is 0 Å². The molecule has 20 heavy (non-hydrogen) atoms. The molecule has 0 atom stereocenters. The molecule has 0 amide bonds. The van der Waals surface area contributed by atoms with Gasteiger partial charge in [-0.25, -0.2) is 8.78 Å². The summed E-state index contributed by atoms with van der Waals surface area (Å²) < 4.78 is 26.8. The summed E-state index contributed by atoms with van der Waals surface area (Å²) in [7, 11) is 0. The van der Waals surface area contributed by atoms with Crippen LogP contribution in [0, 0.1) is 17.0 Å². The van der Waals surface area contributed by atoms with E-state index in [1.165, 1.54) is 6.07 Å². The van der Waals surface area contributed by atoms with Crippen LogP contribution in [-0.2, 0) is 0 Å². The second kappa shape index (κ2) is 6.06. The molecule has 2 aromatic carbocycles. The van der Waals surface area contributed by atoms with Gasteiger partial charge in [0.05, 0.1) is 6.42 Å². The van der Waals surface area contributed by atoms with Crippen molar-refractivity contribution in [2.75, 3.05) is 5.32 Å². The molecule has 0 aliphatic heterocycles. The molecule has 0 bridgehead atoms. The molecule has 0 aromatic heterocycles. The van der Waals surface area contributed by atoms with Crippen molar-refractivity contribution in [3.63, 3.8) is 0 Å². The van der Waals surface area contributed by atoms with E-state index in [1.54, 1.807) is 30.3 Å². The number of anilines is 1. The van der Waals surface area contributed by atoms with E-state index in [0.29, 0.717) is 5.56 Å². The van der Waals surface area contributed by atoms with Gasteiger partial charge >= 0.3 is 0 Å². The molecule has 102 valence electrons. The molecule has 0 spiro atoms. The Morgan fingerprint density at radius 3 is 2.20 bits per heavy atom. The monoisotopic (exact) mass is 274 g/mol. The number of nitrogens with one attached hydrogen (secondary N) is 2. The second-order valence-corrected chi connectivity index (χ2v) is 4.17. The largest absolute Gasteiger partial charge is 0.339 e. The van der Waals surface area contributed by atoms with Crippen LogP contribution in [0.1, 0.15) is 16.8 Å². The van der Waals surface area contributed by atoms with E-state index in [0.717, 1.165) is 12.1 Å². The van der Waals surface area contributed by atoms with Crippen molar-refractivity contribution in [3.05, 3.63) is 65.7 Å². The number of Topliss-reactive ketones (excluding diaryl/α,β-unsaturated/α-hetero) is 1. The number of amidine groups is 1. The highest BCUT2D eigenvalue weighted by molar-refractivity contribution is 6.12. The van der Waals surface area contributed by atoms with E-state index in [4.69, 9.17) is 5.41 Å². The van der Waals surface area contributed by atoms with Crippen LogP contribution >= 0.6 is 0 Å². The standard InChI is InChI=1S/C15H12F2N2O/c16-11-7-4-8-12(17)15(11)19-14(18)9-13(20)10-5-2-1-3-6-10/h1-8H,9H2,(H2,18,19). The number of hydrogen-bond acceptors (Lipinski definition) is 2. The first-order chi connectivity index (χ1) is 9.58. The van der Waals surface area contributed by atoms with Gasteiger partial charge in [0.1, 0.15) is 23.2 Å². The molecule has 0 saturated heterocycles. The number of ketones is 1. The van der Waals surface area contributed by atoms with Crippen molar-refractivity contribution in [2.24, 2.45) is 0 Å². The number of benzene rings is 2. The fraction of sp³-hybridized carbons (Fsp3) is 0.0667. The molecule has 0 aliphatic rings. The van der Waals surface area contributed by atoms with E-state index >= 15 is 0 Å². The highest BCUT2D eigenvalue weighted by Crippen LogP contribution is 2.18. The van der Waals surface area contributed by atoms with Crippen molar-refractivity contribution in [1.82, 2.24) is 0 Å². The predicted octanol–water partition coefficient (Wildman–Crippen LogP) is 3.63. The summed E-state index contributed by atoms with van der Waals surface area (Å²) in [6, 6.07) is 11.8. The first-order valence-corrected chi connectivity index (χ1v) is 5.94. The van der Waals surface area contributed by atoms with Crippen LogP contribution in [0.25, 0.3) is 0 Å². The SMILES string of the molecule is N=C(CC(=O)c1ccccc1)Nc1c(F)cccc1F. The molecule has 2 N–H and O–H groups in total. The Morgan fingerprint density at radius 1 is 1.00 bits per heavy atom. The Hall–Kier alpha value is -2.56. The fourth-order valence-electron chi connectivity index (χ4n) is 1.70. The third-order valence-electron chi connectivity index (χ3n) is 2.67. The predicted molar refractivity (Wildman–Crippen MR) is 73.1 cm³/mol. The topological polar surface area (TPSA) is 53.0 Å². The second-order valence-electron chi connectivity index (χ2n) is 4.17. The maximum atomic E-state index is 13.4. The Kier molecular flexibility index (Phi) is 4.20. The highest BCUT2D eigenvalue weighted by atomic mass is 19.1. The Bertz CT molecular complexity index is 621. The van der Waals surface area contributed by atoms with E-state index in [2.05, 4.69) is 5.32 Å². The van der Waals surface area contributed by atoms with E-state index in [9.17, 15) is 13.6 Å². The zero-order valence-electron chi connectivity index (χ0n) is 10.5. The number of para-hydroxylation sites is 1. The number of hydrogen-bond donors (Lipinski definition) is 2. The molecule has 0 heterocycles. The van der Waals surface area contributed by atoms with Gasteiger partial charge in [-0.3, -0.25) is 10.2 Å². The average molecular weight is 274 g/mol. The lowest BCUT2D eigenvalue weighted by atomic mass is 10.1. The minimum Gasteiger partial charge on any atom is -0.339 e. The van der Waals surface area contributed by atoms with Gasteiger partial charge in [0.25, 0.3) is 0 Å². The van der Waals surface area contributed by atoms with Crippen LogP contribution < -0.4 is 5.32 Å². The maximum Gasteiger partial charge on any atom is 0.170 e. The number of halogens is 2. The minimum atomic E-state index is -0.804. The summed E-state index contributed by atoms with van der Waals surface area (Å²) in [5, 5.41) is 9.93. The lowest BCUT2D eigenvalue weighted by Crippen LogP contribution is -2.17. The molecule has 0 radical (unpaired) electrons. The van der Waals surface area contributed by atoms with Crippen LogP contribution in [-0.4, -0.2) is 11.6 Å². The Labute approximate surface area is 114 Å².